The lowest BCUT2D eigenvalue weighted by Gasteiger charge is -2.20. The van der Waals surface area contributed by atoms with Gasteiger partial charge in [0.15, 0.2) is 0 Å². The number of rotatable bonds is 13. The maximum atomic E-state index is 13.4. The summed E-state index contributed by atoms with van der Waals surface area (Å²) in [5.74, 6) is -1.72. The molecule has 2 aromatic carbocycles. The molecule has 3 atom stereocenters. The number of nitrogens with zero attached hydrogens (tertiary/aromatic N) is 1. The Balaban J connectivity index is 1.51. The summed E-state index contributed by atoms with van der Waals surface area (Å²) in [7, 11) is 0. The minimum atomic E-state index is -0.789. The van der Waals surface area contributed by atoms with Crippen LogP contribution in [-0.2, 0) is 22.6 Å². The fourth-order valence-corrected chi connectivity index (χ4v) is 4.32. The molecule has 38 heavy (non-hydrogen) atoms. The Morgan fingerprint density at radius 3 is 2.29 bits per heavy atom. The van der Waals surface area contributed by atoms with Gasteiger partial charge in [0.1, 0.15) is 23.5 Å². The minimum absolute atomic E-state index is 0.201. The summed E-state index contributed by atoms with van der Waals surface area (Å²) < 4.78 is 26.9. The molecule has 0 spiro atoms. The van der Waals surface area contributed by atoms with E-state index < -0.39 is 29.5 Å². The minimum Gasteiger partial charge on any atom is -0.344 e. The zero-order valence-corrected chi connectivity index (χ0v) is 22.1. The van der Waals surface area contributed by atoms with Crippen LogP contribution in [0.3, 0.4) is 0 Å². The second-order valence-electron chi connectivity index (χ2n) is 9.73. The molecule has 1 heterocycles. The molecule has 0 aliphatic carbocycles. The van der Waals surface area contributed by atoms with Crippen molar-refractivity contribution in [1.29, 1.82) is 0 Å². The molecule has 0 radical (unpaired) electrons. The van der Waals surface area contributed by atoms with Gasteiger partial charge in [0, 0.05) is 24.8 Å². The van der Waals surface area contributed by atoms with Crippen molar-refractivity contribution in [3.8, 4) is 0 Å². The van der Waals surface area contributed by atoms with E-state index in [2.05, 4.69) is 46.9 Å². The van der Waals surface area contributed by atoms with Gasteiger partial charge in [0.2, 0.25) is 11.8 Å². The summed E-state index contributed by atoms with van der Waals surface area (Å²) in [6.07, 6.45) is 3.53. The number of hydrogen-bond donors (Lipinski definition) is 3. The molecule has 6 nitrogen and oxygen atoms in total. The number of pyridine rings is 1. The summed E-state index contributed by atoms with van der Waals surface area (Å²) >= 11 is 0. The highest BCUT2D eigenvalue weighted by Gasteiger charge is 2.21. The summed E-state index contributed by atoms with van der Waals surface area (Å²) in [6, 6.07) is 16.4. The fourth-order valence-electron chi connectivity index (χ4n) is 4.32. The van der Waals surface area contributed by atoms with Crippen molar-refractivity contribution in [2.45, 2.75) is 71.0 Å². The van der Waals surface area contributed by atoms with Crippen LogP contribution in [0, 0.1) is 11.6 Å². The normalized spacial score (nSPS) is 13.4. The van der Waals surface area contributed by atoms with Gasteiger partial charge in [-0.2, -0.15) is 0 Å². The number of carbonyl (C=O) groups is 2. The van der Waals surface area contributed by atoms with Crippen LogP contribution in [0.4, 0.5) is 14.6 Å². The van der Waals surface area contributed by atoms with Crippen LogP contribution in [0.5, 0.6) is 0 Å². The van der Waals surface area contributed by atoms with E-state index in [9.17, 15) is 18.4 Å². The quantitative estimate of drug-likeness (QED) is 0.277. The van der Waals surface area contributed by atoms with Crippen LogP contribution < -0.4 is 16.0 Å². The first-order valence-corrected chi connectivity index (χ1v) is 13.0. The highest BCUT2D eigenvalue weighted by Crippen LogP contribution is 2.21. The summed E-state index contributed by atoms with van der Waals surface area (Å²) in [5.41, 5.74) is 2.51. The Morgan fingerprint density at radius 1 is 0.947 bits per heavy atom. The van der Waals surface area contributed by atoms with Gasteiger partial charge in [-0.25, -0.2) is 13.8 Å². The molecule has 0 aliphatic heterocycles. The highest BCUT2D eigenvalue weighted by molar-refractivity contribution is 5.96. The Kier molecular flexibility index (Phi) is 10.9. The monoisotopic (exact) mass is 522 g/mol. The molecule has 3 N–H and O–H groups in total. The Hall–Kier alpha value is -3.65. The first-order chi connectivity index (χ1) is 18.2. The lowest BCUT2D eigenvalue weighted by Crippen LogP contribution is -2.44. The summed E-state index contributed by atoms with van der Waals surface area (Å²) in [6.45, 7) is 7.02. The van der Waals surface area contributed by atoms with Gasteiger partial charge in [-0.05, 0) is 60.6 Å². The van der Waals surface area contributed by atoms with Gasteiger partial charge < -0.3 is 16.0 Å². The number of anilines is 1. The molecule has 3 unspecified atom stereocenters. The summed E-state index contributed by atoms with van der Waals surface area (Å²) in [5, 5.41) is 8.98. The third kappa shape index (κ3) is 9.34. The van der Waals surface area contributed by atoms with Crippen LogP contribution in [0.15, 0.2) is 66.9 Å². The van der Waals surface area contributed by atoms with Crippen LogP contribution in [0.2, 0.25) is 0 Å². The average molecular weight is 523 g/mol. The molecular formula is C30H36F2N4O2. The number of carbonyl (C=O) groups excluding carboxylic acids is 2. The molecule has 0 saturated carbocycles. The zero-order valence-electron chi connectivity index (χ0n) is 22.1. The number of benzene rings is 2. The van der Waals surface area contributed by atoms with E-state index in [-0.39, 0.29) is 17.9 Å². The molecular weight excluding hydrogens is 486 g/mol. The number of amides is 2. The van der Waals surface area contributed by atoms with Gasteiger partial charge in [0.05, 0.1) is 6.42 Å². The molecule has 2 amide bonds. The SMILES string of the molecule is CCCC(NC(=O)Cc1cc(F)cc(F)c1)C(=O)Nc1ccc(C(C)CC(C)NCc2ccccc2)cn1. The molecule has 0 bridgehead atoms. The van der Waals surface area contributed by atoms with Gasteiger partial charge in [0.25, 0.3) is 0 Å². The topological polar surface area (TPSA) is 83.1 Å². The van der Waals surface area contributed by atoms with E-state index in [0.29, 0.717) is 24.7 Å². The standard InChI is InChI=1S/C30H36F2N4O2/c1-4-8-27(35-29(37)16-23-14-25(31)17-26(32)15-23)30(38)36-28-12-11-24(19-34-28)20(2)13-21(3)33-18-22-9-6-5-7-10-22/h5-7,9-12,14-15,17,19-21,27,33H,4,8,13,16,18H2,1-3H3,(H,35,37)(H,34,36,38). The smallest absolute Gasteiger partial charge is 0.248 e. The number of nitrogens with one attached hydrogen (secondary N) is 3. The fraction of sp³-hybridized carbons (Fsp3) is 0.367. The highest BCUT2D eigenvalue weighted by atomic mass is 19.1. The lowest BCUT2D eigenvalue weighted by atomic mass is 9.95. The number of aromatic nitrogens is 1. The Morgan fingerprint density at radius 2 is 1.66 bits per heavy atom. The maximum absolute atomic E-state index is 13.4. The van der Waals surface area contributed by atoms with Crippen molar-refractivity contribution < 1.29 is 18.4 Å². The van der Waals surface area contributed by atoms with Gasteiger partial charge in [-0.15, -0.1) is 0 Å². The van der Waals surface area contributed by atoms with Crippen molar-refractivity contribution in [1.82, 2.24) is 15.6 Å². The van der Waals surface area contributed by atoms with E-state index in [4.69, 9.17) is 0 Å². The Labute approximate surface area is 223 Å². The first-order valence-electron chi connectivity index (χ1n) is 13.0. The first kappa shape index (κ1) is 28.9. The van der Waals surface area contributed by atoms with Crippen molar-refractivity contribution in [3.63, 3.8) is 0 Å². The number of hydrogen-bond acceptors (Lipinski definition) is 4. The lowest BCUT2D eigenvalue weighted by molar-refractivity contribution is -0.126. The molecule has 202 valence electrons. The van der Waals surface area contributed by atoms with Crippen LogP contribution in [-0.4, -0.2) is 28.9 Å². The van der Waals surface area contributed by atoms with Gasteiger partial charge in [-0.1, -0.05) is 56.7 Å². The second kappa shape index (κ2) is 14.3. The molecule has 0 saturated heterocycles. The van der Waals surface area contributed by atoms with Crippen LogP contribution in [0.1, 0.15) is 62.6 Å². The molecule has 0 fully saturated rings. The predicted molar refractivity (Wildman–Crippen MR) is 146 cm³/mol. The van der Waals surface area contributed by atoms with Crippen molar-refractivity contribution in [2.75, 3.05) is 5.32 Å². The molecule has 1 aromatic heterocycles. The molecule has 0 aliphatic rings. The van der Waals surface area contributed by atoms with Crippen LogP contribution in [0.25, 0.3) is 0 Å². The van der Waals surface area contributed by atoms with E-state index >= 15 is 0 Å². The van der Waals surface area contributed by atoms with Gasteiger partial charge >= 0.3 is 0 Å². The second-order valence-corrected chi connectivity index (χ2v) is 9.73. The third-order valence-corrected chi connectivity index (χ3v) is 6.33. The third-order valence-electron chi connectivity index (χ3n) is 6.33. The van der Waals surface area contributed by atoms with E-state index in [1.807, 2.05) is 31.2 Å². The van der Waals surface area contributed by atoms with Crippen molar-refractivity contribution >= 4 is 17.6 Å². The Bertz CT molecular complexity index is 1170. The average Bonchev–Trinajstić information content (AvgIpc) is 2.87. The van der Waals surface area contributed by atoms with Crippen molar-refractivity contribution in [2.24, 2.45) is 0 Å². The molecule has 3 rings (SSSR count). The zero-order chi connectivity index (χ0) is 27.5. The molecule has 3 aromatic rings. The molecule has 8 heteroatoms. The van der Waals surface area contributed by atoms with Crippen molar-refractivity contribution in [3.05, 3.63) is 95.2 Å². The van der Waals surface area contributed by atoms with Crippen LogP contribution >= 0.6 is 0 Å². The summed E-state index contributed by atoms with van der Waals surface area (Å²) in [4.78, 5) is 29.7. The van der Waals surface area contributed by atoms with E-state index in [1.165, 1.54) is 5.56 Å². The van der Waals surface area contributed by atoms with E-state index in [0.717, 1.165) is 36.7 Å². The predicted octanol–water partition coefficient (Wildman–Crippen LogP) is 5.50. The van der Waals surface area contributed by atoms with Gasteiger partial charge in [-0.3, -0.25) is 9.59 Å². The number of halogens is 2. The maximum Gasteiger partial charge on any atom is 0.248 e. The van der Waals surface area contributed by atoms with E-state index in [1.54, 1.807) is 12.3 Å². The largest absolute Gasteiger partial charge is 0.344 e.